The fourth-order valence-corrected chi connectivity index (χ4v) is 5.21. The molecule has 1 atom stereocenters. The number of rotatable bonds is 5. The first-order chi connectivity index (χ1) is 10.2. The van der Waals surface area contributed by atoms with E-state index in [-0.39, 0.29) is 28.6 Å². The predicted octanol–water partition coefficient (Wildman–Crippen LogP) is 0.462. The Morgan fingerprint density at radius 2 is 1.91 bits per heavy atom. The zero-order valence-corrected chi connectivity index (χ0v) is 13.9. The Hall–Kier alpha value is -1.41. The fraction of sp³-hybridized carbons (Fsp3) is 0.500. The van der Waals surface area contributed by atoms with E-state index in [1.54, 1.807) is 12.1 Å². The van der Waals surface area contributed by atoms with E-state index in [0.29, 0.717) is 6.42 Å². The third-order valence-corrected chi connectivity index (χ3v) is 7.08. The molecule has 0 spiro atoms. The Morgan fingerprint density at radius 1 is 1.27 bits per heavy atom. The molecule has 8 heteroatoms. The van der Waals surface area contributed by atoms with Crippen molar-refractivity contribution in [2.24, 2.45) is 0 Å². The second-order valence-electron chi connectivity index (χ2n) is 5.55. The van der Waals surface area contributed by atoms with Crippen LogP contribution in [0.25, 0.3) is 0 Å². The summed E-state index contributed by atoms with van der Waals surface area (Å²) in [5, 5.41) is 2.59. The van der Waals surface area contributed by atoms with E-state index < -0.39 is 31.6 Å². The lowest BCUT2D eigenvalue weighted by molar-refractivity contribution is -0.121. The lowest BCUT2D eigenvalue weighted by Gasteiger charge is -2.11. The second kappa shape index (κ2) is 6.37. The van der Waals surface area contributed by atoms with Crippen molar-refractivity contribution in [2.45, 2.75) is 30.7 Å². The average Bonchev–Trinajstić information content (AvgIpc) is 2.76. The summed E-state index contributed by atoms with van der Waals surface area (Å²) >= 11 is 0. The molecule has 1 saturated heterocycles. The van der Waals surface area contributed by atoms with Gasteiger partial charge in [-0.05, 0) is 25.5 Å². The van der Waals surface area contributed by atoms with Gasteiger partial charge >= 0.3 is 0 Å². The van der Waals surface area contributed by atoms with Crippen LogP contribution in [0.4, 0.5) is 0 Å². The van der Waals surface area contributed by atoms with Crippen LogP contribution in [0.5, 0.6) is 0 Å². The van der Waals surface area contributed by atoms with Gasteiger partial charge in [0.25, 0.3) is 0 Å². The second-order valence-corrected chi connectivity index (χ2v) is 9.89. The van der Waals surface area contributed by atoms with E-state index in [9.17, 15) is 21.6 Å². The molecular formula is C14H19NO5S2. The van der Waals surface area contributed by atoms with Gasteiger partial charge in [0.15, 0.2) is 19.7 Å². The van der Waals surface area contributed by atoms with Crippen LogP contribution in [0.3, 0.4) is 0 Å². The van der Waals surface area contributed by atoms with E-state index >= 15 is 0 Å². The Kier molecular flexibility index (Phi) is 4.91. The van der Waals surface area contributed by atoms with Crippen molar-refractivity contribution in [3.05, 3.63) is 29.8 Å². The van der Waals surface area contributed by atoms with Crippen molar-refractivity contribution >= 4 is 25.6 Å². The van der Waals surface area contributed by atoms with Crippen molar-refractivity contribution in [2.75, 3.05) is 17.3 Å². The number of carbonyl (C=O) groups is 1. The molecule has 122 valence electrons. The first-order valence-electron chi connectivity index (χ1n) is 6.97. The van der Waals surface area contributed by atoms with Crippen LogP contribution in [0.1, 0.15) is 18.4 Å². The maximum absolute atomic E-state index is 12.1. The first kappa shape index (κ1) is 17.0. The monoisotopic (exact) mass is 345 g/mol. The van der Waals surface area contributed by atoms with Crippen LogP contribution < -0.4 is 5.32 Å². The summed E-state index contributed by atoms with van der Waals surface area (Å²) in [5.41, 5.74) is 0.958. The first-order valence-corrected chi connectivity index (χ1v) is 10.4. The summed E-state index contributed by atoms with van der Waals surface area (Å²) in [6, 6.07) is 6.05. The Bertz CT molecular complexity index is 751. The van der Waals surface area contributed by atoms with Gasteiger partial charge in [-0.25, -0.2) is 16.8 Å². The molecule has 0 bridgehead atoms. The number of sulfone groups is 2. The minimum absolute atomic E-state index is 0.0660. The van der Waals surface area contributed by atoms with E-state index in [1.165, 1.54) is 12.1 Å². The van der Waals surface area contributed by atoms with Crippen LogP contribution in [0.2, 0.25) is 0 Å². The number of carbonyl (C=O) groups excluding carboxylic acids is 1. The van der Waals surface area contributed by atoms with Gasteiger partial charge in [0, 0.05) is 12.5 Å². The molecule has 22 heavy (non-hydrogen) atoms. The molecule has 1 heterocycles. The van der Waals surface area contributed by atoms with Gasteiger partial charge in [-0.3, -0.25) is 4.79 Å². The summed E-state index contributed by atoms with van der Waals surface area (Å²) in [7, 11) is -6.57. The summed E-state index contributed by atoms with van der Waals surface area (Å²) in [6.45, 7) is 1.86. The van der Waals surface area contributed by atoms with Crippen LogP contribution in [-0.4, -0.2) is 46.0 Å². The van der Waals surface area contributed by atoms with Crippen molar-refractivity contribution in [1.82, 2.24) is 5.32 Å². The molecule has 1 aromatic carbocycles. The molecule has 0 aromatic heterocycles. The Labute approximate surface area is 130 Å². The lowest BCUT2D eigenvalue weighted by atomic mass is 10.2. The average molecular weight is 345 g/mol. The number of hydrogen-bond donors (Lipinski definition) is 1. The van der Waals surface area contributed by atoms with Crippen molar-refractivity contribution in [3.63, 3.8) is 0 Å². The summed E-state index contributed by atoms with van der Waals surface area (Å²) in [6.07, 6.45) is 0.214. The maximum atomic E-state index is 12.1. The van der Waals surface area contributed by atoms with Crippen molar-refractivity contribution in [3.8, 4) is 0 Å². The van der Waals surface area contributed by atoms with Gasteiger partial charge < -0.3 is 5.32 Å². The van der Waals surface area contributed by atoms with E-state index in [4.69, 9.17) is 0 Å². The molecule has 1 aliphatic heterocycles. The van der Waals surface area contributed by atoms with E-state index in [1.807, 2.05) is 6.92 Å². The summed E-state index contributed by atoms with van der Waals surface area (Å²) in [5.74, 6) is -0.720. The van der Waals surface area contributed by atoms with Gasteiger partial charge in [0.1, 0.15) is 0 Å². The number of hydrogen-bond acceptors (Lipinski definition) is 5. The normalized spacial score (nSPS) is 20.7. The zero-order chi connectivity index (χ0) is 16.4. The van der Waals surface area contributed by atoms with Gasteiger partial charge in [0.05, 0.1) is 22.2 Å². The molecule has 1 amide bonds. The number of benzene rings is 1. The minimum atomic E-state index is -3.51. The van der Waals surface area contributed by atoms with Crippen LogP contribution in [0, 0.1) is 6.92 Å². The smallest absolute Gasteiger partial charge is 0.221 e. The third kappa shape index (κ3) is 4.54. The van der Waals surface area contributed by atoms with Crippen LogP contribution >= 0.6 is 0 Å². The number of nitrogens with one attached hydrogen (secondary N) is 1. The SMILES string of the molecule is Cc1ccc(S(=O)(=O)CCC(=O)NC2CCS(=O)(=O)C2)cc1. The molecule has 0 saturated carbocycles. The highest BCUT2D eigenvalue weighted by Crippen LogP contribution is 2.14. The van der Waals surface area contributed by atoms with E-state index in [0.717, 1.165) is 5.56 Å². The molecule has 6 nitrogen and oxygen atoms in total. The zero-order valence-electron chi connectivity index (χ0n) is 12.3. The third-order valence-electron chi connectivity index (χ3n) is 3.58. The maximum Gasteiger partial charge on any atom is 0.221 e. The van der Waals surface area contributed by atoms with Crippen LogP contribution in [-0.2, 0) is 24.5 Å². The Morgan fingerprint density at radius 3 is 2.45 bits per heavy atom. The van der Waals surface area contributed by atoms with E-state index in [2.05, 4.69) is 5.32 Å². The molecule has 1 aliphatic rings. The van der Waals surface area contributed by atoms with Gasteiger partial charge in [-0.2, -0.15) is 0 Å². The van der Waals surface area contributed by atoms with Gasteiger partial charge in [-0.1, -0.05) is 17.7 Å². The number of aryl methyl sites for hydroxylation is 1. The standard InChI is InChI=1S/C14H19NO5S2/c1-11-2-4-13(5-3-11)22(19,20)9-7-14(16)15-12-6-8-21(17,18)10-12/h2-5,12H,6-10H2,1H3,(H,15,16). The molecule has 1 N–H and O–H groups in total. The quantitative estimate of drug-likeness (QED) is 0.836. The van der Waals surface area contributed by atoms with Gasteiger partial charge in [-0.15, -0.1) is 0 Å². The highest BCUT2D eigenvalue weighted by Gasteiger charge is 2.29. The Balaban J connectivity index is 1.89. The predicted molar refractivity (Wildman–Crippen MR) is 83.1 cm³/mol. The fourth-order valence-electron chi connectivity index (χ4n) is 2.30. The van der Waals surface area contributed by atoms with Crippen molar-refractivity contribution < 1.29 is 21.6 Å². The molecule has 0 aliphatic carbocycles. The highest BCUT2D eigenvalue weighted by molar-refractivity contribution is 7.91. The molecule has 1 aromatic rings. The topological polar surface area (TPSA) is 97.4 Å². The lowest BCUT2D eigenvalue weighted by Crippen LogP contribution is -2.36. The molecule has 1 fully saturated rings. The molecule has 2 rings (SSSR count). The molecule has 0 radical (unpaired) electrons. The highest BCUT2D eigenvalue weighted by atomic mass is 32.2. The number of amides is 1. The summed E-state index contributed by atoms with van der Waals surface area (Å²) in [4.78, 5) is 12.0. The summed E-state index contributed by atoms with van der Waals surface area (Å²) < 4.78 is 46.8. The molecule has 1 unspecified atom stereocenters. The van der Waals surface area contributed by atoms with Crippen LogP contribution in [0.15, 0.2) is 29.2 Å². The van der Waals surface area contributed by atoms with Gasteiger partial charge in [0.2, 0.25) is 5.91 Å². The largest absolute Gasteiger partial charge is 0.352 e. The minimum Gasteiger partial charge on any atom is -0.352 e. The van der Waals surface area contributed by atoms with Crippen molar-refractivity contribution in [1.29, 1.82) is 0 Å². The molecular weight excluding hydrogens is 326 g/mol.